The standard InChI is InChI=1S/C24H31NO/c26-17-16-25(21-14-8-3-9-15-21)18-22-23(19-10-4-1-5-11-19)24(22)20-12-6-2-7-13-20/h1-2,4-7,10-13,21-24,26H,3,8-9,14-18H2. The highest BCUT2D eigenvalue weighted by molar-refractivity contribution is 5.39. The third-order valence-corrected chi connectivity index (χ3v) is 6.46. The molecular weight excluding hydrogens is 318 g/mol. The lowest BCUT2D eigenvalue weighted by atomic mass is 9.94. The Morgan fingerprint density at radius 3 is 1.81 bits per heavy atom. The third-order valence-electron chi connectivity index (χ3n) is 6.46. The van der Waals surface area contributed by atoms with Crippen LogP contribution in [0.5, 0.6) is 0 Å². The van der Waals surface area contributed by atoms with Gasteiger partial charge < -0.3 is 5.11 Å². The van der Waals surface area contributed by atoms with Crippen molar-refractivity contribution < 1.29 is 5.11 Å². The molecule has 2 heteroatoms. The lowest BCUT2D eigenvalue weighted by Crippen LogP contribution is -2.40. The van der Waals surface area contributed by atoms with Gasteiger partial charge in [0.1, 0.15) is 0 Å². The van der Waals surface area contributed by atoms with Crippen LogP contribution in [0.3, 0.4) is 0 Å². The number of aliphatic hydroxyl groups excluding tert-OH is 1. The summed E-state index contributed by atoms with van der Waals surface area (Å²) in [6.07, 6.45) is 6.69. The number of nitrogens with zero attached hydrogens (tertiary/aromatic N) is 1. The van der Waals surface area contributed by atoms with Gasteiger partial charge in [-0.05, 0) is 41.7 Å². The maximum atomic E-state index is 9.62. The predicted octanol–water partition coefficient (Wildman–Crippen LogP) is 4.81. The zero-order chi connectivity index (χ0) is 17.8. The minimum atomic E-state index is 0.273. The molecule has 0 bridgehead atoms. The van der Waals surface area contributed by atoms with Gasteiger partial charge in [0.15, 0.2) is 0 Å². The molecule has 4 rings (SSSR count). The quantitative estimate of drug-likeness (QED) is 0.775. The molecule has 2 saturated carbocycles. The first kappa shape index (κ1) is 17.8. The van der Waals surface area contributed by atoms with Gasteiger partial charge in [-0.2, -0.15) is 0 Å². The summed E-state index contributed by atoms with van der Waals surface area (Å²) in [4.78, 5) is 2.60. The Morgan fingerprint density at radius 2 is 1.31 bits per heavy atom. The van der Waals surface area contributed by atoms with Crippen molar-refractivity contribution >= 4 is 0 Å². The number of hydrogen-bond donors (Lipinski definition) is 1. The van der Waals surface area contributed by atoms with Gasteiger partial charge >= 0.3 is 0 Å². The molecule has 0 aromatic heterocycles. The first-order valence-electron chi connectivity index (χ1n) is 10.3. The van der Waals surface area contributed by atoms with E-state index in [1.807, 2.05) is 0 Å². The second-order valence-electron chi connectivity index (χ2n) is 8.05. The second-order valence-corrected chi connectivity index (χ2v) is 8.05. The maximum Gasteiger partial charge on any atom is 0.0558 e. The molecule has 0 heterocycles. The Hall–Kier alpha value is -1.64. The lowest BCUT2D eigenvalue weighted by molar-refractivity contribution is 0.118. The van der Waals surface area contributed by atoms with Crippen molar-refractivity contribution in [2.75, 3.05) is 19.7 Å². The summed E-state index contributed by atoms with van der Waals surface area (Å²) in [5, 5.41) is 9.62. The molecule has 2 aromatic rings. The fraction of sp³-hybridized carbons (Fsp3) is 0.500. The van der Waals surface area contributed by atoms with Crippen LogP contribution in [-0.2, 0) is 0 Å². The normalized spacial score (nSPS) is 26.2. The SMILES string of the molecule is OCCN(CC1C(c2ccccc2)C1c1ccccc1)C1CCCCC1. The molecule has 0 aliphatic heterocycles. The van der Waals surface area contributed by atoms with Crippen molar-refractivity contribution in [1.29, 1.82) is 0 Å². The fourth-order valence-electron chi connectivity index (χ4n) is 5.13. The molecule has 138 valence electrons. The van der Waals surface area contributed by atoms with E-state index in [4.69, 9.17) is 0 Å². The highest BCUT2D eigenvalue weighted by Crippen LogP contribution is 2.60. The van der Waals surface area contributed by atoms with Crippen LogP contribution < -0.4 is 0 Å². The first-order valence-corrected chi connectivity index (χ1v) is 10.3. The summed E-state index contributed by atoms with van der Waals surface area (Å²) < 4.78 is 0. The van der Waals surface area contributed by atoms with E-state index >= 15 is 0 Å². The predicted molar refractivity (Wildman–Crippen MR) is 107 cm³/mol. The fourth-order valence-corrected chi connectivity index (χ4v) is 5.13. The molecule has 0 spiro atoms. The molecule has 26 heavy (non-hydrogen) atoms. The van der Waals surface area contributed by atoms with Crippen LogP contribution in [0.1, 0.15) is 55.1 Å². The Balaban J connectivity index is 1.53. The third kappa shape index (κ3) is 3.87. The van der Waals surface area contributed by atoms with E-state index in [0.717, 1.165) is 13.1 Å². The van der Waals surface area contributed by atoms with E-state index in [0.29, 0.717) is 23.8 Å². The molecule has 2 aliphatic rings. The minimum absolute atomic E-state index is 0.273. The van der Waals surface area contributed by atoms with Gasteiger partial charge in [0.05, 0.1) is 6.61 Å². The van der Waals surface area contributed by atoms with Gasteiger partial charge in [-0.3, -0.25) is 4.90 Å². The van der Waals surface area contributed by atoms with Gasteiger partial charge in [0.2, 0.25) is 0 Å². The average molecular weight is 350 g/mol. The number of benzene rings is 2. The van der Waals surface area contributed by atoms with Gasteiger partial charge in [-0.15, -0.1) is 0 Å². The number of rotatable bonds is 7. The summed E-state index contributed by atoms with van der Waals surface area (Å²) in [6.45, 7) is 2.21. The van der Waals surface area contributed by atoms with Crippen LogP contribution >= 0.6 is 0 Å². The van der Waals surface area contributed by atoms with Gasteiger partial charge in [-0.1, -0.05) is 79.9 Å². The van der Waals surface area contributed by atoms with Crippen LogP contribution in [0.2, 0.25) is 0 Å². The Morgan fingerprint density at radius 1 is 0.769 bits per heavy atom. The topological polar surface area (TPSA) is 23.5 Å². The molecule has 0 radical (unpaired) electrons. The summed E-state index contributed by atoms with van der Waals surface area (Å²) in [6, 6.07) is 22.7. The van der Waals surface area contributed by atoms with Crippen LogP contribution in [0, 0.1) is 5.92 Å². The minimum Gasteiger partial charge on any atom is -0.395 e. The van der Waals surface area contributed by atoms with Crippen LogP contribution in [0.4, 0.5) is 0 Å². The highest BCUT2D eigenvalue weighted by Gasteiger charge is 2.52. The Labute approximate surface area is 157 Å². The summed E-state index contributed by atoms with van der Waals surface area (Å²) in [7, 11) is 0. The van der Waals surface area contributed by atoms with E-state index in [9.17, 15) is 5.11 Å². The molecule has 2 aliphatic carbocycles. The van der Waals surface area contributed by atoms with Crippen LogP contribution in [0.25, 0.3) is 0 Å². The summed E-state index contributed by atoms with van der Waals surface area (Å²) >= 11 is 0. The number of hydrogen-bond acceptors (Lipinski definition) is 2. The average Bonchev–Trinajstić information content (AvgIpc) is 3.43. The zero-order valence-corrected chi connectivity index (χ0v) is 15.6. The molecule has 2 nitrogen and oxygen atoms in total. The molecular formula is C24H31NO. The van der Waals surface area contributed by atoms with Crippen molar-refractivity contribution in [3.63, 3.8) is 0 Å². The van der Waals surface area contributed by atoms with Crippen molar-refractivity contribution in [2.24, 2.45) is 5.92 Å². The molecule has 2 aromatic carbocycles. The second kappa shape index (κ2) is 8.37. The van der Waals surface area contributed by atoms with Gasteiger partial charge in [0.25, 0.3) is 0 Å². The monoisotopic (exact) mass is 349 g/mol. The molecule has 2 unspecified atom stereocenters. The summed E-state index contributed by atoms with van der Waals surface area (Å²) in [5.74, 6) is 1.89. The van der Waals surface area contributed by atoms with E-state index in [1.165, 1.54) is 43.2 Å². The van der Waals surface area contributed by atoms with Crippen molar-refractivity contribution in [3.05, 3.63) is 71.8 Å². The summed E-state index contributed by atoms with van der Waals surface area (Å²) in [5.41, 5.74) is 2.94. The van der Waals surface area contributed by atoms with Crippen molar-refractivity contribution in [3.8, 4) is 0 Å². The molecule has 0 amide bonds. The maximum absolute atomic E-state index is 9.62. The molecule has 0 saturated heterocycles. The van der Waals surface area contributed by atoms with Gasteiger partial charge in [0, 0.05) is 19.1 Å². The largest absolute Gasteiger partial charge is 0.395 e. The lowest BCUT2D eigenvalue weighted by Gasteiger charge is -2.34. The van der Waals surface area contributed by atoms with Crippen LogP contribution in [-0.4, -0.2) is 35.7 Å². The molecule has 1 N–H and O–H groups in total. The first-order chi connectivity index (χ1) is 12.9. The van der Waals surface area contributed by atoms with E-state index in [1.54, 1.807) is 0 Å². The molecule has 2 fully saturated rings. The smallest absolute Gasteiger partial charge is 0.0558 e. The van der Waals surface area contributed by atoms with E-state index in [-0.39, 0.29) is 6.61 Å². The zero-order valence-electron chi connectivity index (χ0n) is 15.6. The van der Waals surface area contributed by atoms with Crippen molar-refractivity contribution in [1.82, 2.24) is 4.90 Å². The Kier molecular flexibility index (Phi) is 5.72. The molecule has 2 atom stereocenters. The van der Waals surface area contributed by atoms with Crippen molar-refractivity contribution in [2.45, 2.75) is 50.0 Å². The van der Waals surface area contributed by atoms with E-state index in [2.05, 4.69) is 65.6 Å². The highest BCUT2D eigenvalue weighted by atomic mass is 16.3. The van der Waals surface area contributed by atoms with Gasteiger partial charge in [-0.25, -0.2) is 0 Å². The van der Waals surface area contributed by atoms with Crippen LogP contribution in [0.15, 0.2) is 60.7 Å². The van der Waals surface area contributed by atoms with E-state index < -0.39 is 0 Å². The number of aliphatic hydroxyl groups is 1. The Bertz CT molecular complexity index is 620.